The first-order valence-corrected chi connectivity index (χ1v) is 8.50. The van der Waals surface area contributed by atoms with Gasteiger partial charge in [-0.3, -0.25) is 4.79 Å². The Morgan fingerprint density at radius 2 is 1.86 bits per heavy atom. The van der Waals surface area contributed by atoms with Gasteiger partial charge in [-0.2, -0.15) is 13.2 Å². The van der Waals surface area contributed by atoms with E-state index in [1.54, 1.807) is 19.1 Å². The van der Waals surface area contributed by atoms with Gasteiger partial charge in [0.2, 0.25) is 0 Å². The molecule has 2 N–H and O–H groups in total. The molecular weight excluding hydrogens is 375 g/mol. The fraction of sp³-hybridized carbons (Fsp3) is 0.250. The van der Waals surface area contributed by atoms with Gasteiger partial charge in [-0.15, -0.1) is 0 Å². The van der Waals surface area contributed by atoms with Crippen LogP contribution in [0.5, 0.6) is 5.75 Å². The Hall–Kier alpha value is -3.00. The van der Waals surface area contributed by atoms with Crippen LogP contribution in [0.15, 0.2) is 52.9 Å². The van der Waals surface area contributed by atoms with Gasteiger partial charge in [0.1, 0.15) is 24.0 Å². The molecule has 1 heterocycles. The molecular formula is C20H18F3NO4. The third kappa shape index (κ3) is 4.45. The summed E-state index contributed by atoms with van der Waals surface area (Å²) >= 11 is 0. The summed E-state index contributed by atoms with van der Waals surface area (Å²) in [6, 6.07) is 11.4. The average molecular weight is 393 g/mol. The summed E-state index contributed by atoms with van der Waals surface area (Å²) in [7, 11) is 0. The van der Waals surface area contributed by atoms with Gasteiger partial charge in [0.25, 0.3) is 5.91 Å². The van der Waals surface area contributed by atoms with E-state index in [9.17, 15) is 23.1 Å². The Balaban J connectivity index is 1.51. The molecule has 28 heavy (non-hydrogen) atoms. The molecule has 1 aromatic heterocycles. The van der Waals surface area contributed by atoms with Crippen LogP contribution in [0.25, 0.3) is 11.0 Å². The molecule has 1 atom stereocenters. The van der Waals surface area contributed by atoms with Crippen LogP contribution in [-0.4, -0.2) is 30.3 Å². The Labute approximate surface area is 158 Å². The van der Waals surface area contributed by atoms with Gasteiger partial charge < -0.3 is 19.6 Å². The first kappa shape index (κ1) is 19.8. The number of halogens is 3. The lowest BCUT2D eigenvalue weighted by Crippen LogP contribution is -2.35. The quantitative estimate of drug-likeness (QED) is 0.666. The maximum atomic E-state index is 12.5. The maximum Gasteiger partial charge on any atom is 0.416 e. The summed E-state index contributed by atoms with van der Waals surface area (Å²) in [6.45, 7) is 1.48. The minimum absolute atomic E-state index is 0.101. The third-order valence-electron chi connectivity index (χ3n) is 4.17. The summed E-state index contributed by atoms with van der Waals surface area (Å²) in [6.07, 6.45) is -5.46. The number of aryl methyl sites for hydroxylation is 1. The van der Waals surface area contributed by atoms with Gasteiger partial charge in [0, 0.05) is 17.5 Å². The highest BCUT2D eigenvalue weighted by molar-refractivity contribution is 5.98. The van der Waals surface area contributed by atoms with Crippen LogP contribution in [0.1, 0.15) is 21.7 Å². The zero-order valence-electron chi connectivity index (χ0n) is 14.9. The van der Waals surface area contributed by atoms with Crippen LogP contribution in [-0.2, 0) is 6.18 Å². The highest BCUT2D eigenvalue weighted by Gasteiger charge is 2.30. The second-order valence-electron chi connectivity index (χ2n) is 6.25. The average Bonchev–Trinajstić information content (AvgIpc) is 3.01. The number of hydrogen-bond donors (Lipinski definition) is 2. The molecule has 0 fully saturated rings. The number of benzene rings is 2. The van der Waals surface area contributed by atoms with Crippen molar-refractivity contribution in [3.05, 3.63) is 65.4 Å². The molecule has 0 aliphatic rings. The monoisotopic (exact) mass is 393 g/mol. The number of fused-ring (bicyclic) bond motifs is 1. The van der Waals surface area contributed by atoms with Crippen LogP contribution in [0.4, 0.5) is 13.2 Å². The lowest BCUT2D eigenvalue weighted by molar-refractivity contribution is -0.137. The van der Waals surface area contributed by atoms with Gasteiger partial charge in [0.05, 0.1) is 5.56 Å². The topological polar surface area (TPSA) is 71.7 Å². The van der Waals surface area contributed by atoms with Crippen LogP contribution in [0.3, 0.4) is 0 Å². The van der Waals surface area contributed by atoms with Crippen molar-refractivity contribution in [3.8, 4) is 5.75 Å². The molecule has 1 unspecified atom stereocenters. The Bertz CT molecular complexity index is 964. The fourth-order valence-electron chi connectivity index (χ4n) is 2.67. The Kier molecular flexibility index (Phi) is 5.60. The zero-order chi connectivity index (χ0) is 20.3. The third-order valence-corrected chi connectivity index (χ3v) is 4.17. The second kappa shape index (κ2) is 7.93. The molecule has 5 nitrogen and oxygen atoms in total. The molecule has 148 valence electrons. The van der Waals surface area contributed by atoms with Gasteiger partial charge in [-0.1, -0.05) is 18.2 Å². The van der Waals surface area contributed by atoms with E-state index in [1.807, 2.05) is 12.1 Å². The Morgan fingerprint density at radius 1 is 1.18 bits per heavy atom. The number of rotatable bonds is 6. The summed E-state index contributed by atoms with van der Waals surface area (Å²) in [5, 5.41) is 13.3. The number of carbonyl (C=O) groups is 1. The fourth-order valence-corrected chi connectivity index (χ4v) is 2.67. The summed E-state index contributed by atoms with van der Waals surface area (Å²) in [5.41, 5.74) is 0.508. The van der Waals surface area contributed by atoms with Crippen molar-refractivity contribution in [2.75, 3.05) is 13.2 Å². The highest BCUT2D eigenvalue weighted by Crippen LogP contribution is 2.30. The van der Waals surface area contributed by atoms with Crippen LogP contribution >= 0.6 is 0 Å². The largest absolute Gasteiger partial charge is 0.491 e. The van der Waals surface area contributed by atoms with E-state index in [-0.39, 0.29) is 24.7 Å². The van der Waals surface area contributed by atoms with Crippen LogP contribution in [0, 0.1) is 6.92 Å². The number of aliphatic hydroxyl groups is 1. The van der Waals surface area contributed by atoms with Crippen molar-refractivity contribution in [2.24, 2.45) is 0 Å². The maximum absolute atomic E-state index is 12.5. The second-order valence-corrected chi connectivity index (χ2v) is 6.25. The number of para-hydroxylation sites is 1. The number of ether oxygens (including phenoxy) is 1. The minimum atomic E-state index is -4.42. The molecule has 0 aliphatic heterocycles. The van der Waals surface area contributed by atoms with E-state index >= 15 is 0 Å². The van der Waals surface area contributed by atoms with Crippen molar-refractivity contribution >= 4 is 16.9 Å². The first-order valence-electron chi connectivity index (χ1n) is 8.50. The predicted octanol–water partition coefficient (Wildman–Crippen LogP) is 3.93. The number of amides is 1. The molecule has 0 radical (unpaired) electrons. The predicted molar refractivity (Wildman–Crippen MR) is 96.2 cm³/mol. The van der Waals surface area contributed by atoms with Gasteiger partial charge in [-0.05, 0) is 37.3 Å². The molecule has 0 saturated carbocycles. The molecule has 0 saturated heterocycles. The minimum Gasteiger partial charge on any atom is -0.491 e. The van der Waals surface area contributed by atoms with E-state index < -0.39 is 23.8 Å². The number of alkyl halides is 3. The normalized spacial score (nSPS) is 12.8. The molecule has 3 aromatic rings. The standard InChI is InChI=1S/C20H18F3NO4/c1-12-16-4-2-3-5-17(16)28-18(12)19(26)24-10-14(25)11-27-15-8-6-13(7-9-15)20(21,22)23/h2-9,14,25H,10-11H2,1H3,(H,24,26). The molecule has 0 spiro atoms. The number of aliphatic hydroxyl groups excluding tert-OH is 1. The van der Waals surface area contributed by atoms with E-state index in [1.165, 1.54) is 12.1 Å². The van der Waals surface area contributed by atoms with Gasteiger partial charge in [-0.25, -0.2) is 0 Å². The SMILES string of the molecule is Cc1c(C(=O)NCC(O)COc2ccc(C(F)(F)F)cc2)oc2ccccc12. The summed E-state index contributed by atoms with van der Waals surface area (Å²) in [4.78, 5) is 12.3. The number of furan rings is 1. The summed E-state index contributed by atoms with van der Waals surface area (Å²) in [5.74, 6) is -0.120. The highest BCUT2D eigenvalue weighted by atomic mass is 19.4. The van der Waals surface area contributed by atoms with Crippen LogP contribution < -0.4 is 10.1 Å². The number of nitrogens with one attached hydrogen (secondary N) is 1. The molecule has 1 amide bonds. The van der Waals surface area contributed by atoms with Gasteiger partial charge >= 0.3 is 6.18 Å². The van der Waals surface area contributed by atoms with Crippen molar-refractivity contribution in [2.45, 2.75) is 19.2 Å². The summed E-state index contributed by atoms with van der Waals surface area (Å²) < 4.78 is 48.3. The van der Waals surface area contributed by atoms with Crippen molar-refractivity contribution < 1.29 is 32.2 Å². The van der Waals surface area contributed by atoms with E-state index in [4.69, 9.17) is 9.15 Å². The number of hydrogen-bond acceptors (Lipinski definition) is 4. The zero-order valence-corrected chi connectivity index (χ0v) is 14.9. The van der Waals surface area contributed by atoms with Crippen molar-refractivity contribution in [1.29, 1.82) is 0 Å². The molecule has 0 bridgehead atoms. The lowest BCUT2D eigenvalue weighted by atomic mass is 10.1. The van der Waals surface area contributed by atoms with Gasteiger partial charge in [0.15, 0.2) is 5.76 Å². The molecule has 8 heteroatoms. The number of carbonyl (C=O) groups excluding carboxylic acids is 1. The molecule has 2 aromatic carbocycles. The van der Waals surface area contributed by atoms with E-state index in [0.717, 1.165) is 17.5 Å². The van der Waals surface area contributed by atoms with Crippen LogP contribution in [0.2, 0.25) is 0 Å². The lowest BCUT2D eigenvalue weighted by Gasteiger charge is -2.13. The smallest absolute Gasteiger partial charge is 0.416 e. The van der Waals surface area contributed by atoms with Crippen molar-refractivity contribution in [3.63, 3.8) is 0 Å². The Morgan fingerprint density at radius 3 is 2.50 bits per heavy atom. The van der Waals surface area contributed by atoms with E-state index in [2.05, 4.69) is 5.32 Å². The molecule has 3 rings (SSSR count). The molecule has 0 aliphatic carbocycles. The van der Waals surface area contributed by atoms with E-state index in [0.29, 0.717) is 11.1 Å². The first-order chi connectivity index (χ1) is 13.3. The van der Waals surface area contributed by atoms with Crippen molar-refractivity contribution in [1.82, 2.24) is 5.32 Å².